The SMILES string of the molecule is C[C@@]12CCCC(CO)(Cc3ccccc3)C1=CC(=O)CC2. The van der Waals surface area contributed by atoms with Crippen molar-refractivity contribution >= 4 is 5.78 Å². The minimum Gasteiger partial charge on any atom is -0.395 e. The minimum absolute atomic E-state index is 0.101. The molecule has 21 heavy (non-hydrogen) atoms. The molecular formula is C19H24O2. The maximum atomic E-state index is 12.0. The fraction of sp³-hybridized carbons (Fsp3) is 0.526. The van der Waals surface area contributed by atoms with E-state index in [1.165, 1.54) is 11.1 Å². The van der Waals surface area contributed by atoms with Gasteiger partial charge in [0.05, 0.1) is 6.61 Å². The van der Waals surface area contributed by atoms with Crippen LogP contribution in [0.5, 0.6) is 0 Å². The second kappa shape index (κ2) is 5.42. The summed E-state index contributed by atoms with van der Waals surface area (Å²) in [6, 6.07) is 10.3. The Kier molecular flexibility index (Phi) is 3.75. The van der Waals surface area contributed by atoms with Gasteiger partial charge in [0.25, 0.3) is 0 Å². The highest BCUT2D eigenvalue weighted by Crippen LogP contribution is 2.55. The molecule has 2 heteroatoms. The van der Waals surface area contributed by atoms with E-state index in [4.69, 9.17) is 0 Å². The number of ketones is 1. The molecule has 0 aliphatic heterocycles. The summed E-state index contributed by atoms with van der Waals surface area (Å²) in [7, 11) is 0. The maximum absolute atomic E-state index is 12.0. The molecule has 0 bridgehead atoms. The lowest BCUT2D eigenvalue weighted by Gasteiger charge is -2.50. The number of aliphatic hydroxyl groups excluding tert-OH is 1. The molecule has 2 aliphatic rings. The standard InChI is InChI=1S/C19H24O2/c1-18-9-5-10-19(14-20,13-15-6-3-2-4-7-15)17(18)12-16(21)8-11-18/h2-4,6-7,12,20H,5,8-11,13-14H2,1H3/t18-,19?/m0/s1. The number of benzene rings is 1. The molecule has 0 saturated heterocycles. The lowest BCUT2D eigenvalue weighted by Crippen LogP contribution is -2.44. The second-order valence-corrected chi connectivity index (χ2v) is 7.04. The van der Waals surface area contributed by atoms with Crippen LogP contribution >= 0.6 is 0 Å². The van der Waals surface area contributed by atoms with Gasteiger partial charge in [0.1, 0.15) is 0 Å². The van der Waals surface area contributed by atoms with Gasteiger partial charge in [0.2, 0.25) is 0 Å². The first-order chi connectivity index (χ1) is 10.1. The Morgan fingerprint density at radius 3 is 2.62 bits per heavy atom. The third-order valence-corrected chi connectivity index (χ3v) is 5.52. The molecule has 2 aliphatic carbocycles. The Bertz CT molecular complexity index is 560. The van der Waals surface area contributed by atoms with Crippen LogP contribution in [0.15, 0.2) is 42.0 Å². The first-order valence-electron chi connectivity index (χ1n) is 7.98. The summed E-state index contributed by atoms with van der Waals surface area (Å²) < 4.78 is 0. The van der Waals surface area contributed by atoms with E-state index in [9.17, 15) is 9.90 Å². The van der Waals surface area contributed by atoms with Crippen molar-refractivity contribution in [2.45, 2.75) is 45.4 Å². The zero-order chi connectivity index (χ0) is 14.9. The largest absolute Gasteiger partial charge is 0.395 e. The van der Waals surface area contributed by atoms with Gasteiger partial charge in [-0.3, -0.25) is 4.79 Å². The number of fused-ring (bicyclic) bond motifs is 1. The minimum atomic E-state index is -0.246. The van der Waals surface area contributed by atoms with E-state index in [0.717, 1.165) is 32.1 Å². The predicted octanol–water partition coefficient (Wildman–Crippen LogP) is 3.69. The van der Waals surface area contributed by atoms with Gasteiger partial charge in [-0.05, 0) is 42.7 Å². The van der Waals surface area contributed by atoms with E-state index in [1.54, 1.807) is 0 Å². The summed E-state index contributed by atoms with van der Waals surface area (Å²) in [6.07, 6.45) is 7.55. The molecule has 1 unspecified atom stereocenters. The first-order valence-corrected chi connectivity index (χ1v) is 7.98. The Labute approximate surface area is 126 Å². The van der Waals surface area contributed by atoms with Gasteiger partial charge >= 0.3 is 0 Å². The Morgan fingerprint density at radius 2 is 1.90 bits per heavy atom. The van der Waals surface area contributed by atoms with Crippen LogP contribution in [0.3, 0.4) is 0 Å². The molecule has 1 N–H and O–H groups in total. The lowest BCUT2D eigenvalue weighted by molar-refractivity contribution is -0.116. The average Bonchev–Trinajstić information content (AvgIpc) is 2.50. The van der Waals surface area contributed by atoms with Crippen LogP contribution in [0, 0.1) is 10.8 Å². The molecule has 0 heterocycles. The molecule has 0 radical (unpaired) electrons. The normalized spacial score (nSPS) is 32.5. The lowest BCUT2D eigenvalue weighted by atomic mass is 9.54. The zero-order valence-electron chi connectivity index (χ0n) is 12.8. The van der Waals surface area contributed by atoms with E-state index in [2.05, 4.69) is 19.1 Å². The van der Waals surface area contributed by atoms with Gasteiger partial charge in [0.15, 0.2) is 5.78 Å². The van der Waals surface area contributed by atoms with Crippen molar-refractivity contribution in [3.8, 4) is 0 Å². The quantitative estimate of drug-likeness (QED) is 0.919. The highest BCUT2D eigenvalue weighted by molar-refractivity contribution is 5.92. The molecule has 1 aromatic rings. The number of carbonyl (C=O) groups is 1. The van der Waals surface area contributed by atoms with E-state index >= 15 is 0 Å². The van der Waals surface area contributed by atoms with Gasteiger partial charge in [-0.2, -0.15) is 0 Å². The smallest absolute Gasteiger partial charge is 0.155 e. The Morgan fingerprint density at radius 1 is 1.14 bits per heavy atom. The van der Waals surface area contributed by atoms with Crippen molar-refractivity contribution < 1.29 is 9.90 Å². The van der Waals surface area contributed by atoms with Crippen LogP contribution in [0.4, 0.5) is 0 Å². The van der Waals surface area contributed by atoms with Crippen molar-refractivity contribution in [3.63, 3.8) is 0 Å². The van der Waals surface area contributed by atoms with Gasteiger partial charge in [-0.25, -0.2) is 0 Å². The molecule has 0 amide bonds. The van der Waals surface area contributed by atoms with Crippen LogP contribution in [-0.2, 0) is 11.2 Å². The van der Waals surface area contributed by atoms with E-state index in [1.807, 2.05) is 24.3 Å². The highest BCUT2D eigenvalue weighted by Gasteiger charge is 2.48. The van der Waals surface area contributed by atoms with Crippen molar-refractivity contribution in [1.82, 2.24) is 0 Å². The molecule has 0 aromatic heterocycles. The van der Waals surface area contributed by atoms with Crippen LogP contribution in [0.2, 0.25) is 0 Å². The van der Waals surface area contributed by atoms with E-state index < -0.39 is 0 Å². The van der Waals surface area contributed by atoms with Crippen molar-refractivity contribution in [3.05, 3.63) is 47.5 Å². The monoisotopic (exact) mass is 284 g/mol. The fourth-order valence-corrected chi connectivity index (χ4v) is 4.34. The van der Waals surface area contributed by atoms with E-state index in [0.29, 0.717) is 6.42 Å². The topological polar surface area (TPSA) is 37.3 Å². The summed E-state index contributed by atoms with van der Waals surface area (Å²) in [6.45, 7) is 2.41. The number of carbonyl (C=O) groups excluding carboxylic acids is 1. The molecule has 0 spiro atoms. The summed E-state index contributed by atoms with van der Waals surface area (Å²) in [5.74, 6) is 0.232. The number of hydrogen-bond donors (Lipinski definition) is 1. The van der Waals surface area contributed by atoms with Crippen molar-refractivity contribution in [2.75, 3.05) is 6.61 Å². The zero-order valence-corrected chi connectivity index (χ0v) is 12.8. The van der Waals surface area contributed by atoms with Gasteiger partial charge in [0, 0.05) is 11.8 Å². The molecule has 3 rings (SSSR count). The Balaban J connectivity index is 2.01. The van der Waals surface area contributed by atoms with Gasteiger partial charge in [-0.15, -0.1) is 0 Å². The number of aliphatic hydroxyl groups is 1. The highest BCUT2D eigenvalue weighted by atomic mass is 16.3. The molecule has 1 fully saturated rings. The van der Waals surface area contributed by atoms with Crippen LogP contribution in [0.25, 0.3) is 0 Å². The summed E-state index contributed by atoms with van der Waals surface area (Å²) in [4.78, 5) is 12.0. The number of rotatable bonds is 3. The Hall–Kier alpha value is -1.41. The third-order valence-electron chi connectivity index (χ3n) is 5.52. The number of allylic oxidation sites excluding steroid dienone is 1. The fourth-order valence-electron chi connectivity index (χ4n) is 4.34. The summed E-state index contributed by atoms with van der Waals surface area (Å²) in [5, 5.41) is 10.2. The van der Waals surface area contributed by atoms with Crippen molar-refractivity contribution in [2.24, 2.45) is 10.8 Å². The molecular weight excluding hydrogens is 260 g/mol. The van der Waals surface area contributed by atoms with Crippen LogP contribution in [0.1, 0.15) is 44.6 Å². The van der Waals surface area contributed by atoms with Crippen LogP contribution in [-0.4, -0.2) is 17.5 Å². The predicted molar refractivity (Wildman–Crippen MR) is 83.9 cm³/mol. The molecule has 2 nitrogen and oxygen atoms in total. The second-order valence-electron chi connectivity index (χ2n) is 7.04. The summed E-state index contributed by atoms with van der Waals surface area (Å²) >= 11 is 0. The average molecular weight is 284 g/mol. The van der Waals surface area contributed by atoms with Gasteiger partial charge in [-0.1, -0.05) is 49.2 Å². The first kappa shape index (κ1) is 14.5. The summed E-state index contributed by atoms with van der Waals surface area (Å²) in [5.41, 5.74) is 2.31. The molecule has 1 aromatic carbocycles. The maximum Gasteiger partial charge on any atom is 0.155 e. The third kappa shape index (κ3) is 2.57. The van der Waals surface area contributed by atoms with Crippen LogP contribution < -0.4 is 0 Å². The van der Waals surface area contributed by atoms with Gasteiger partial charge < -0.3 is 5.11 Å². The molecule has 1 saturated carbocycles. The van der Waals surface area contributed by atoms with E-state index in [-0.39, 0.29) is 23.2 Å². The molecule has 2 atom stereocenters. The van der Waals surface area contributed by atoms with Crippen molar-refractivity contribution in [1.29, 1.82) is 0 Å². The number of hydrogen-bond acceptors (Lipinski definition) is 2. The molecule has 112 valence electrons.